The van der Waals surface area contributed by atoms with E-state index in [9.17, 15) is 4.79 Å². The predicted octanol–water partition coefficient (Wildman–Crippen LogP) is 3.60. The van der Waals surface area contributed by atoms with Gasteiger partial charge in [-0.25, -0.2) is 0 Å². The number of benzene rings is 2. The molecule has 2 aromatic carbocycles. The Bertz CT molecular complexity index is 1120. The van der Waals surface area contributed by atoms with Crippen LogP contribution in [0.2, 0.25) is 0 Å². The van der Waals surface area contributed by atoms with Gasteiger partial charge in [-0.1, -0.05) is 36.4 Å². The molecule has 1 amide bonds. The maximum absolute atomic E-state index is 12.8. The van der Waals surface area contributed by atoms with Crippen LogP contribution < -0.4 is 11.1 Å². The normalized spacial score (nSPS) is 13.4. The first-order valence-electron chi connectivity index (χ1n) is 8.88. The van der Waals surface area contributed by atoms with Gasteiger partial charge in [-0.2, -0.15) is 0 Å². The van der Waals surface area contributed by atoms with Gasteiger partial charge in [-0.05, 0) is 47.5 Å². The number of aromatic nitrogens is 2. The Labute approximate surface area is 157 Å². The van der Waals surface area contributed by atoms with E-state index in [-0.39, 0.29) is 18.0 Å². The fourth-order valence-electron chi connectivity index (χ4n) is 3.22. The summed E-state index contributed by atoms with van der Waals surface area (Å²) in [5.41, 5.74) is 9.07. The van der Waals surface area contributed by atoms with Crippen molar-refractivity contribution in [2.75, 3.05) is 0 Å². The van der Waals surface area contributed by atoms with Crippen molar-refractivity contribution in [2.45, 2.75) is 19.0 Å². The smallest absolute Gasteiger partial charge is 0.253 e. The first-order valence-corrected chi connectivity index (χ1v) is 8.88. The first kappa shape index (κ1) is 17.1. The average Bonchev–Trinajstić information content (AvgIpc) is 2.71. The SMILES string of the molecule is CC(N)C(NC(=O)c1cnc2cccnc2c1)c1ccc2ccccc2c1. The maximum atomic E-state index is 12.8. The maximum Gasteiger partial charge on any atom is 0.253 e. The third-order valence-electron chi connectivity index (χ3n) is 4.66. The lowest BCUT2D eigenvalue weighted by Gasteiger charge is -2.23. The third kappa shape index (κ3) is 3.50. The van der Waals surface area contributed by atoms with Gasteiger partial charge >= 0.3 is 0 Å². The second kappa shape index (κ2) is 7.13. The van der Waals surface area contributed by atoms with E-state index >= 15 is 0 Å². The van der Waals surface area contributed by atoms with Crippen LogP contribution in [-0.4, -0.2) is 21.9 Å². The molecule has 134 valence electrons. The van der Waals surface area contributed by atoms with Gasteiger partial charge in [0.25, 0.3) is 5.91 Å². The van der Waals surface area contributed by atoms with Crippen LogP contribution in [-0.2, 0) is 0 Å². The highest BCUT2D eigenvalue weighted by Crippen LogP contribution is 2.23. The van der Waals surface area contributed by atoms with Crippen LogP contribution in [0.3, 0.4) is 0 Å². The fourth-order valence-corrected chi connectivity index (χ4v) is 3.22. The number of carbonyl (C=O) groups excluding carboxylic acids is 1. The van der Waals surface area contributed by atoms with E-state index in [0.29, 0.717) is 11.1 Å². The average molecular weight is 356 g/mol. The molecule has 2 atom stereocenters. The molecule has 2 heterocycles. The molecule has 5 nitrogen and oxygen atoms in total. The molecule has 0 aliphatic carbocycles. The molecule has 0 saturated carbocycles. The number of nitrogens with two attached hydrogens (primary N) is 1. The lowest BCUT2D eigenvalue weighted by molar-refractivity contribution is 0.0931. The van der Waals surface area contributed by atoms with E-state index in [1.165, 1.54) is 0 Å². The zero-order chi connectivity index (χ0) is 18.8. The molecule has 27 heavy (non-hydrogen) atoms. The number of pyridine rings is 2. The molecule has 0 aliphatic heterocycles. The first-order chi connectivity index (χ1) is 13.1. The van der Waals surface area contributed by atoms with Crippen LogP contribution in [0, 0.1) is 0 Å². The quantitative estimate of drug-likeness (QED) is 0.585. The number of hydrogen-bond acceptors (Lipinski definition) is 4. The molecule has 2 unspecified atom stereocenters. The molecule has 0 radical (unpaired) electrons. The Morgan fingerprint density at radius 1 is 0.963 bits per heavy atom. The van der Waals surface area contributed by atoms with Crippen LogP contribution >= 0.6 is 0 Å². The minimum atomic E-state index is -0.304. The topological polar surface area (TPSA) is 80.9 Å². The summed E-state index contributed by atoms with van der Waals surface area (Å²) in [5, 5.41) is 5.32. The molecule has 0 saturated heterocycles. The van der Waals surface area contributed by atoms with Crippen molar-refractivity contribution >= 4 is 27.7 Å². The van der Waals surface area contributed by atoms with E-state index in [4.69, 9.17) is 5.73 Å². The number of nitrogens with one attached hydrogen (secondary N) is 1. The van der Waals surface area contributed by atoms with Crippen molar-refractivity contribution in [3.8, 4) is 0 Å². The van der Waals surface area contributed by atoms with Crippen molar-refractivity contribution in [1.82, 2.24) is 15.3 Å². The Morgan fingerprint density at radius 2 is 1.78 bits per heavy atom. The molecule has 3 N–H and O–H groups in total. The van der Waals surface area contributed by atoms with Gasteiger partial charge in [0, 0.05) is 18.4 Å². The van der Waals surface area contributed by atoms with Gasteiger partial charge in [0.1, 0.15) is 0 Å². The van der Waals surface area contributed by atoms with Crippen molar-refractivity contribution in [3.63, 3.8) is 0 Å². The predicted molar refractivity (Wildman–Crippen MR) is 107 cm³/mol. The van der Waals surface area contributed by atoms with E-state index in [2.05, 4.69) is 33.5 Å². The minimum Gasteiger partial charge on any atom is -0.344 e. The van der Waals surface area contributed by atoms with Gasteiger partial charge in [-0.15, -0.1) is 0 Å². The number of fused-ring (bicyclic) bond motifs is 2. The van der Waals surface area contributed by atoms with Crippen LogP contribution in [0.4, 0.5) is 0 Å². The summed E-state index contributed by atoms with van der Waals surface area (Å²) < 4.78 is 0. The summed E-state index contributed by atoms with van der Waals surface area (Å²) in [6, 6.07) is 19.1. The van der Waals surface area contributed by atoms with Gasteiger partial charge < -0.3 is 11.1 Å². The lowest BCUT2D eigenvalue weighted by Crippen LogP contribution is -2.39. The van der Waals surface area contributed by atoms with Crippen molar-refractivity contribution in [2.24, 2.45) is 5.73 Å². The highest BCUT2D eigenvalue weighted by Gasteiger charge is 2.20. The summed E-state index contributed by atoms with van der Waals surface area (Å²) in [6.07, 6.45) is 3.25. The second-order valence-corrected chi connectivity index (χ2v) is 6.68. The molecular formula is C22H20N4O. The third-order valence-corrected chi connectivity index (χ3v) is 4.66. The standard InChI is InChI=1S/C22H20N4O/c1-14(23)21(17-9-8-15-5-2-3-6-16(15)11-17)26-22(27)18-12-20-19(25-13-18)7-4-10-24-20/h2-14,21H,23H2,1H3,(H,26,27). The largest absolute Gasteiger partial charge is 0.344 e. The summed E-state index contributed by atoms with van der Waals surface area (Å²) >= 11 is 0. The van der Waals surface area contributed by atoms with E-state index in [1.54, 1.807) is 18.5 Å². The van der Waals surface area contributed by atoms with Gasteiger partial charge in [0.15, 0.2) is 0 Å². The van der Waals surface area contributed by atoms with Gasteiger partial charge in [0.2, 0.25) is 0 Å². The molecule has 0 aliphatic rings. The Morgan fingerprint density at radius 3 is 2.59 bits per heavy atom. The van der Waals surface area contributed by atoms with Crippen molar-refractivity contribution in [3.05, 3.63) is 84.2 Å². The number of nitrogens with zero attached hydrogens (tertiary/aromatic N) is 2. The molecule has 0 spiro atoms. The molecule has 0 bridgehead atoms. The Hall–Kier alpha value is -3.31. The van der Waals surface area contributed by atoms with E-state index in [1.807, 2.05) is 43.3 Å². The van der Waals surface area contributed by atoms with Crippen LogP contribution in [0.1, 0.15) is 28.9 Å². The number of carbonyl (C=O) groups is 1. The summed E-state index contributed by atoms with van der Waals surface area (Å²) in [5.74, 6) is -0.217. The molecule has 4 rings (SSSR count). The zero-order valence-corrected chi connectivity index (χ0v) is 15.0. The van der Waals surface area contributed by atoms with Crippen LogP contribution in [0.15, 0.2) is 73.1 Å². The zero-order valence-electron chi connectivity index (χ0n) is 15.0. The Balaban J connectivity index is 1.64. The Kier molecular flexibility index (Phi) is 4.52. The summed E-state index contributed by atoms with van der Waals surface area (Å²) in [4.78, 5) is 21.4. The lowest BCUT2D eigenvalue weighted by atomic mass is 9.97. The fraction of sp³-hybridized carbons (Fsp3) is 0.136. The van der Waals surface area contributed by atoms with Crippen LogP contribution in [0.5, 0.6) is 0 Å². The highest BCUT2D eigenvalue weighted by molar-refractivity contribution is 5.97. The van der Waals surface area contributed by atoms with E-state index < -0.39 is 0 Å². The summed E-state index contributed by atoms with van der Waals surface area (Å²) in [7, 11) is 0. The monoisotopic (exact) mass is 356 g/mol. The molecule has 4 aromatic rings. The number of rotatable bonds is 4. The van der Waals surface area contributed by atoms with Gasteiger partial charge in [0.05, 0.1) is 22.6 Å². The number of hydrogen-bond donors (Lipinski definition) is 2. The number of amides is 1. The van der Waals surface area contributed by atoms with Crippen molar-refractivity contribution in [1.29, 1.82) is 0 Å². The van der Waals surface area contributed by atoms with Crippen LogP contribution in [0.25, 0.3) is 21.8 Å². The van der Waals surface area contributed by atoms with Gasteiger partial charge in [-0.3, -0.25) is 14.8 Å². The second-order valence-electron chi connectivity index (χ2n) is 6.68. The van der Waals surface area contributed by atoms with Crippen molar-refractivity contribution < 1.29 is 4.79 Å². The molecule has 5 heteroatoms. The molecule has 2 aromatic heterocycles. The minimum absolute atomic E-state index is 0.217. The molecular weight excluding hydrogens is 336 g/mol. The highest BCUT2D eigenvalue weighted by atomic mass is 16.1. The van der Waals surface area contributed by atoms with E-state index in [0.717, 1.165) is 21.9 Å². The summed E-state index contributed by atoms with van der Waals surface area (Å²) in [6.45, 7) is 1.89. The molecule has 0 fully saturated rings.